The number of hydrogen-bond acceptors (Lipinski definition) is 2. The van der Waals surface area contributed by atoms with E-state index in [0.29, 0.717) is 11.9 Å². The molecule has 0 rings (SSSR count). The van der Waals surface area contributed by atoms with Crippen molar-refractivity contribution in [3.63, 3.8) is 0 Å². The van der Waals surface area contributed by atoms with Crippen molar-refractivity contribution in [2.24, 2.45) is 0 Å². The van der Waals surface area contributed by atoms with Crippen molar-refractivity contribution in [3.8, 4) is 0 Å². The summed E-state index contributed by atoms with van der Waals surface area (Å²) in [5.74, 6) is 0. The lowest BCUT2D eigenvalue weighted by atomic mass is 10.1. The van der Waals surface area contributed by atoms with Gasteiger partial charge in [-0.15, -0.1) is 0 Å². The minimum absolute atomic E-state index is 0.308. The van der Waals surface area contributed by atoms with Crippen LogP contribution < -0.4 is 0 Å². The third-order valence-electron chi connectivity index (χ3n) is 3.84. The molecule has 1 N–H and O–H groups in total. The minimum Gasteiger partial charge on any atom is -0.395 e. The molecule has 0 radical (unpaired) electrons. The summed E-state index contributed by atoms with van der Waals surface area (Å²) in [4.78, 5) is 0. The number of rotatable bonds is 16. The van der Waals surface area contributed by atoms with Gasteiger partial charge in [0.2, 0.25) is 0 Å². The summed E-state index contributed by atoms with van der Waals surface area (Å²) in [6, 6.07) is 0. The predicted molar refractivity (Wildman–Crippen MR) is 117 cm³/mol. The Morgan fingerprint density at radius 2 is 1.20 bits per heavy atom. The van der Waals surface area contributed by atoms with E-state index < -0.39 is 0 Å². The van der Waals surface area contributed by atoms with Crippen LogP contribution in [0.15, 0.2) is 60.8 Å². The van der Waals surface area contributed by atoms with E-state index in [1.807, 2.05) is 0 Å². The van der Waals surface area contributed by atoms with E-state index in [0.717, 1.165) is 44.9 Å². The van der Waals surface area contributed by atoms with Crippen LogP contribution in [-0.4, -0.2) is 23.2 Å². The van der Waals surface area contributed by atoms with Crippen LogP contribution in [0.3, 0.4) is 0 Å². The van der Waals surface area contributed by atoms with Crippen molar-refractivity contribution in [2.75, 3.05) is 12.9 Å². The summed E-state index contributed by atoms with van der Waals surface area (Å²) < 4.78 is 0. The van der Waals surface area contributed by atoms with Gasteiger partial charge in [0.15, 0.2) is 0 Å². The molecule has 25 heavy (non-hydrogen) atoms. The molecular formula is C23H38OS. The molecule has 2 heteroatoms. The zero-order chi connectivity index (χ0) is 18.4. The Bertz CT molecular complexity index is 400. The van der Waals surface area contributed by atoms with Gasteiger partial charge in [0, 0.05) is 5.25 Å². The molecule has 0 fully saturated rings. The fourth-order valence-corrected chi connectivity index (χ4v) is 2.84. The number of hydrogen-bond donors (Lipinski definition) is 1. The highest BCUT2D eigenvalue weighted by molar-refractivity contribution is 7.99. The maximum atomic E-state index is 9.12. The van der Waals surface area contributed by atoms with Crippen LogP contribution in [-0.2, 0) is 0 Å². The average Bonchev–Trinajstić information content (AvgIpc) is 2.64. The van der Waals surface area contributed by atoms with E-state index in [4.69, 9.17) is 5.11 Å². The first-order chi connectivity index (χ1) is 12.3. The zero-order valence-corrected chi connectivity index (χ0v) is 17.1. The van der Waals surface area contributed by atoms with Gasteiger partial charge in [-0.25, -0.2) is 0 Å². The molecule has 1 atom stereocenters. The fourth-order valence-electron chi connectivity index (χ4n) is 2.29. The second-order valence-corrected chi connectivity index (χ2v) is 7.17. The number of allylic oxidation sites excluding steroid dienone is 10. The van der Waals surface area contributed by atoms with Crippen LogP contribution in [0.25, 0.3) is 0 Å². The van der Waals surface area contributed by atoms with Crippen LogP contribution >= 0.6 is 11.8 Å². The van der Waals surface area contributed by atoms with Gasteiger partial charge in [-0.1, -0.05) is 74.1 Å². The molecule has 0 heterocycles. The Morgan fingerprint density at radius 3 is 1.64 bits per heavy atom. The molecule has 0 aromatic heterocycles. The van der Waals surface area contributed by atoms with Gasteiger partial charge >= 0.3 is 0 Å². The highest BCUT2D eigenvalue weighted by Gasteiger charge is 2.03. The fraction of sp³-hybridized carbons (Fsp3) is 0.565. The van der Waals surface area contributed by atoms with Crippen molar-refractivity contribution in [3.05, 3.63) is 60.8 Å². The molecule has 0 aliphatic heterocycles. The highest BCUT2D eigenvalue weighted by atomic mass is 32.2. The van der Waals surface area contributed by atoms with E-state index >= 15 is 0 Å². The number of aliphatic hydroxyl groups excluding tert-OH is 1. The van der Waals surface area contributed by atoms with Crippen molar-refractivity contribution in [2.45, 2.75) is 70.0 Å². The molecule has 0 spiro atoms. The molecule has 1 unspecified atom stereocenters. The Morgan fingerprint density at radius 1 is 0.720 bits per heavy atom. The van der Waals surface area contributed by atoms with Crippen molar-refractivity contribution in [1.82, 2.24) is 0 Å². The van der Waals surface area contributed by atoms with Crippen LogP contribution in [0, 0.1) is 0 Å². The Hall–Kier alpha value is -0.990. The Labute approximate surface area is 160 Å². The first-order valence-electron chi connectivity index (χ1n) is 9.73. The summed E-state index contributed by atoms with van der Waals surface area (Å²) in [6.45, 7) is 2.47. The smallest absolute Gasteiger partial charge is 0.0549 e. The van der Waals surface area contributed by atoms with Gasteiger partial charge in [-0.05, 0) is 57.6 Å². The van der Waals surface area contributed by atoms with Gasteiger partial charge < -0.3 is 5.11 Å². The van der Waals surface area contributed by atoms with Crippen molar-refractivity contribution < 1.29 is 5.11 Å². The van der Waals surface area contributed by atoms with Crippen LogP contribution in [0.2, 0.25) is 0 Å². The maximum absolute atomic E-state index is 9.12. The van der Waals surface area contributed by atoms with E-state index in [2.05, 4.69) is 73.9 Å². The normalized spacial score (nSPS) is 14.2. The highest BCUT2D eigenvalue weighted by Crippen LogP contribution is 2.14. The van der Waals surface area contributed by atoms with Gasteiger partial charge in [-0.2, -0.15) is 11.8 Å². The van der Waals surface area contributed by atoms with Crippen molar-refractivity contribution in [1.29, 1.82) is 0 Å². The van der Waals surface area contributed by atoms with Crippen molar-refractivity contribution >= 4 is 11.8 Å². The summed E-state index contributed by atoms with van der Waals surface area (Å²) in [5, 5.41) is 9.54. The van der Waals surface area contributed by atoms with E-state index in [1.54, 1.807) is 11.8 Å². The third kappa shape index (κ3) is 19.2. The summed E-state index contributed by atoms with van der Waals surface area (Å²) in [7, 11) is 0. The minimum atomic E-state index is 0.308. The Kier molecular flexibility index (Phi) is 20.2. The quantitative estimate of drug-likeness (QED) is 0.235. The predicted octanol–water partition coefficient (Wildman–Crippen LogP) is 7.02. The first kappa shape index (κ1) is 24.0. The maximum Gasteiger partial charge on any atom is 0.0549 e. The molecule has 0 bridgehead atoms. The van der Waals surface area contributed by atoms with Crippen LogP contribution in [0.4, 0.5) is 0 Å². The number of aliphatic hydroxyl groups is 1. The molecule has 0 aromatic rings. The van der Waals surface area contributed by atoms with Gasteiger partial charge in [0.1, 0.15) is 0 Å². The molecule has 0 saturated carbocycles. The summed E-state index contributed by atoms with van der Waals surface area (Å²) >= 11 is 1.77. The average molecular weight is 363 g/mol. The number of thioether (sulfide) groups is 1. The lowest BCUT2D eigenvalue weighted by Gasteiger charge is -2.09. The molecule has 0 amide bonds. The lowest BCUT2D eigenvalue weighted by Crippen LogP contribution is -2.06. The molecule has 0 aliphatic rings. The van der Waals surface area contributed by atoms with E-state index in [9.17, 15) is 0 Å². The molecule has 0 aromatic carbocycles. The molecule has 0 saturated heterocycles. The van der Waals surface area contributed by atoms with Gasteiger partial charge in [0.05, 0.1) is 6.61 Å². The van der Waals surface area contributed by atoms with Gasteiger partial charge in [-0.3, -0.25) is 0 Å². The molecular weight excluding hydrogens is 324 g/mol. The topological polar surface area (TPSA) is 20.2 Å². The van der Waals surface area contributed by atoms with Gasteiger partial charge in [0.25, 0.3) is 0 Å². The van der Waals surface area contributed by atoms with Crippen LogP contribution in [0.5, 0.6) is 0 Å². The first-order valence-corrected chi connectivity index (χ1v) is 11.0. The SMILES string of the molecule is CCC=CCC=CCC=CCC=CCC=CCCCCC(CO)SC. The number of unbranched alkanes of at least 4 members (excludes halogenated alkanes) is 2. The molecule has 142 valence electrons. The molecule has 1 nitrogen and oxygen atoms in total. The largest absolute Gasteiger partial charge is 0.395 e. The third-order valence-corrected chi connectivity index (χ3v) is 4.89. The zero-order valence-electron chi connectivity index (χ0n) is 16.3. The molecule has 0 aliphatic carbocycles. The van der Waals surface area contributed by atoms with Crippen LogP contribution in [0.1, 0.15) is 64.7 Å². The second-order valence-electron chi connectivity index (χ2n) is 6.03. The summed E-state index contributed by atoms with van der Waals surface area (Å²) in [6.07, 6.45) is 34.4. The van der Waals surface area contributed by atoms with E-state index in [1.165, 1.54) is 12.8 Å². The Balaban J connectivity index is 3.47. The van der Waals surface area contributed by atoms with E-state index in [-0.39, 0.29) is 0 Å². The standard InChI is InChI=1S/C23H38OS/c1-3-4-5-6-7-8-9-10-11-12-13-14-15-16-17-18-19-20-21-23(22-24)25-2/h4-5,7-8,10-11,13-14,16-17,23-24H,3,6,9,12,15,18-22H2,1-2H3. The summed E-state index contributed by atoms with van der Waals surface area (Å²) in [5.41, 5.74) is 0. The second kappa shape index (κ2) is 21.1. The lowest BCUT2D eigenvalue weighted by molar-refractivity contribution is 0.289. The monoisotopic (exact) mass is 362 g/mol.